The van der Waals surface area contributed by atoms with E-state index in [1.54, 1.807) is 6.07 Å². The fourth-order valence-corrected chi connectivity index (χ4v) is 3.07. The SMILES string of the molecule is O=C(Nc1cc(NC(=O)C2CC2)cc(-c2nc3ccccc3o2)c1)C1CC1. The second-order valence-electron chi connectivity index (χ2n) is 7.31. The standard InChI is InChI=1S/C21H19N3O3/c25-19(12-5-6-12)22-15-9-14(10-16(11-15)23-20(26)13-7-8-13)21-24-17-3-1-2-4-18(17)27-21/h1-4,9-13H,5-8H2,(H,22,25)(H,23,26). The number of carbonyl (C=O) groups is 2. The van der Waals surface area contributed by atoms with Crippen LogP contribution in [0.15, 0.2) is 46.9 Å². The number of oxazole rings is 1. The summed E-state index contributed by atoms with van der Waals surface area (Å²) in [6.07, 6.45) is 3.73. The van der Waals surface area contributed by atoms with Crippen LogP contribution in [0.2, 0.25) is 0 Å². The van der Waals surface area contributed by atoms with Crippen molar-refractivity contribution < 1.29 is 14.0 Å². The normalized spacial score (nSPS) is 16.3. The van der Waals surface area contributed by atoms with E-state index in [1.807, 2.05) is 36.4 Å². The molecule has 6 heteroatoms. The predicted octanol–water partition coefficient (Wildman–Crippen LogP) is 4.19. The molecule has 0 bridgehead atoms. The summed E-state index contributed by atoms with van der Waals surface area (Å²) in [6, 6.07) is 13.0. The van der Waals surface area contributed by atoms with Gasteiger partial charge in [-0.05, 0) is 56.0 Å². The molecular weight excluding hydrogens is 342 g/mol. The molecule has 2 saturated carbocycles. The van der Waals surface area contributed by atoms with Crippen molar-refractivity contribution >= 4 is 34.3 Å². The number of para-hydroxylation sites is 2. The smallest absolute Gasteiger partial charge is 0.227 e. The number of carbonyl (C=O) groups excluding carboxylic acids is 2. The van der Waals surface area contributed by atoms with Crippen LogP contribution in [0.3, 0.4) is 0 Å². The fraction of sp³-hybridized carbons (Fsp3) is 0.286. The van der Waals surface area contributed by atoms with Crippen LogP contribution in [0.4, 0.5) is 11.4 Å². The van der Waals surface area contributed by atoms with Gasteiger partial charge in [-0.1, -0.05) is 12.1 Å². The fourth-order valence-electron chi connectivity index (χ4n) is 3.07. The Labute approximate surface area is 156 Å². The van der Waals surface area contributed by atoms with Crippen molar-refractivity contribution in [1.82, 2.24) is 4.98 Å². The molecule has 1 aromatic heterocycles. The molecule has 1 heterocycles. The van der Waals surface area contributed by atoms with Gasteiger partial charge in [0, 0.05) is 28.8 Å². The number of nitrogens with one attached hydrogen (secondary N) is 2. The van der Waals surface area contributed by atoms with Gasteiger partial charge in [0.05, 0.1) is 0 Å². The lowest BCUT2D eigenvalue weighted by Gasteiger charge is -2.10. The van der Waals surface area contributed by atoms with E-state index in [2.05, 4.69) is 15.6 Å². The highest BCUT2D eigenvalue weighted by Crippen LogP contribution is 2.34. The molecule has 27 heavy (non-hydrogen) atoms. The van der Waals surface area contributed by atoms with E-state index in [1.165, 1.54) is 0 Å². The Morgan fingerprint density at radius 1 is 0.889 bits per heavy atom. The summed E-state index contributed by atoms with van der Waals surface area (Å²) in [7, 11) is 0. The molecule has 136 valence electrons. The lowest BCUT2D eigenvalue weighted by Crippen LogP contribution is -2.15. The van der Waals surface area contributed by atoms with Crippen molar-refractivity contribution in [1.29, 1.82) is 0 Å². The molecule has 5 rings (SSSR count). The molecule has 2 aliphatic rings. The van der Waals surface area contributed by atoms with E-state index in [9.17, 15) is 9.59 Å². The van der Waals surface area contributed by atoms with Crippen molar-refractivity contribution in [2.24, 2.45) is 11.8 Å². The molecule has 2 fully saturated rings. The number of anilines is 2. The summed E-state index contributed by atoms with van der Waals surface area (Å²) in [5.74, 6) is 0.694. The third-order valence-corrected chi connectivity index (χ3v) is 4.91. The van der Waals surface area contributed by atoms with Crippen LogP contribution in [-0.2, 0) is 9.59 Å². The van der Waals surface area contributed by atoms with Crippen LogP contribution in [0.5, 0.6) is 0 Å². The highest BCUT2D eigenvalue weighted by molar-refractivity contribution is 5.98. The lowest BCUT2D eigenvalue weighted by atomic mass is 10.1. The van der Waals surface area contributed by atoms with Crippen LogP contribution < -0.4 is 10.6 Å². The maximum Gasteiger partial charge on any atom is 0.227 e. The molecule has 2 aromatic carbocycles. The van der Waals surface area contributed by atoms with Gasteiger partial charge in [-0.25, -0.2) is 4.98 Å². The molecular formula is C21H19N3O3. The van der Waals surface area contributed by atoms with Crippen molar-refractivity contribution in [2.45, 2.75) is 25.7 Å². The molecule has 2 amide bonds. The first-order valence-corrected chi connectivity index (χ1v) is 9.28. The average molecular weight is 361 g/mol. The third-order valence-electron chi connectivity index (χ3n) is 4.91. The van der Waals surface area contributed by atoms with Gasteiger partial charge in [0.25, 0.3) is 0 Å². The maximum absolute atomic E-state index is 12.2. The van der Waals surface area contributed by atoms with Crippen LogP contribution in [-0.4, -0.2) is 16.8 Å². The number of benzene rings is 2. The van der Waals surface area contributed by atoms with E-state index in [-0.39, 0.29) is 23.7 Å². The highest BCUT2D eigenvalue weighted by atomic mass is 16.3. The van der Waals surface area contributed by atoms with Gasteiger partial charge in [-0.15, -0.1) is 0 Å². The van der Waals surface area contributed by atoms with E-state index in [0.717, 1.165) is 31.2 Å². The molecule has 0 spiro atoms. The van der Waals surface area contributed by atoms with E-state index in [0.29, 0.717) is 28.4 Å². The number of hydrogen-bond acceptors (Lipinski definition) is 4. The van der Waals surface area contributed by atoms with Gasteiger partial charge < -0.3 is 15.1 Å². The molecule has 0 unspecified atom stereocenters. The van der Waals surface area contributed by atoms with Crippen LogP contribution in [0, 0.1) is 11.8 Å². The summed E-state index contributed by atoms with van der Waals surface area (Å²) < 4.78 is 5.86. The zero-order valence-corrected chi connectivity index (χ0v) is 14.7. The number of fused-ring (bicyclic) bond motifs is 1. The quantitative estimate of drug-likeness (QED) is 0.713. The molecule has 0 atom stereocenters. The van der Waals surface area contributed by atoms with Crippen LogP contribution in [0.25, 0.3) is 22.6 Å². The number of hydrogen-bond donors (Lipinski definition) is 2. The van der Waals surface area contributed by atoms with Crippen LogP contribution in [0.1, 0.15) is 25.7 Å². The third kappa shape index (κ3) is 3.43. The topological polar surface area (TPSA) is 84.2 Å². The average Bonchev–Trinajstić information content (AvgIpc) is 3.56. The van der Waals surface area contributed by atoms with Gasteiger partial charge in [-0.3, -0.25) is 9.59 Å². The number of rotatable bonds is 5. The van der Waals surface area contributed by atoms with Crippen LogP contribution >= 0.6 is 0 Å². The minimum absolute atomic E-state index is 0.0178. The lowest BCUT2D eigenvalue weighted by molar-refractivity contribution is -0.118. The summed E-state index contributed by atoms with van der Waals surface area (Å²) >= 11 is 0. The summed E-state index contributed by atoms with van der Waals surface area (Å²) in [6.45, 7) is 0. The molecule has 2 aliphatic carbocycles. The molecule has 2 N–H and O–H groups in total. The molecule has 0 radical (unpaired) electrons. The molecule has 6 nitrogen and oxygen atoms in total. The molecule has 0 saturated heterocycles. The zero-order chi connectivity index (χ0) is 18.4. The summed E-state index contributed by atoms with van der Waals surface area (Å²) in [4.78, 5) is 28.9. The summed E-state index contributed by atoms with van der Waals surface area (Å²) in [5, 5.41) is 5.89. The summed E-state index contributed by atoms with van der Waals surface area (Å²) in [5.41, 5.74) is 3.45. The number of nitrogens with zero attached hydrogens (tertiary/aromatic N) is 1. The van der Waals surface area contributed by atoms with E-state index in [4.69, 9.17) is 4.42 Å². The van der Waals surface area contributed by atoms with Crippen molar-refractivity contribution in [3.05, 3.63) is 42.5 Å². The monoisotopic (exact) mass is 361 g/mol. The first-order valence-electron chi connectivity index (χ1n) is 9.28. The largest absolute Gasteiger partial charge is 0.436 e. The van der Waals surface area contributed by atoms with Crippen molar-refractivity contribution in [2.75, 3.05) is 10.6 Å². The second kappa shape index (κ2) is 6.23. The van der Waals surface area contributed by atoms with E-state index < -0.39 is 0 Å². The van der Waals surface area contributed by atoms with Crippen molar-refractivity contribution in [3.8, 4) is 11.5 Å². The van der Waals surface area contributed by atoms with Gasteiger partial charge >= 0.3 is 0 Å². The van der Waals surface area contributed by atoms with Crippen molar-refractivity contribution in [3.63, 3.8) is 0 Å². The first kappa shape index (κ1) is 16.1. The minimum Gasteiger partial charge on any atom is -0.436 e. The Kier molecular flexibility index (Phi) is 3.70. The highest BCUT2D eigenvalue weighted by Gasteiger charge is 2.31. The van der Waals surface area contributed by atoms with E-state index >= 15 is 0 Å². The molecule has 0 aliphatic heterocycles. The Balaban J connectivity index is 1.51. The maximum atomic E-state index is 12.2. The van der Waals surface area contributed by atoms with Gasteiger partial charge in [0.15, 0.2) is 5.58 Å². The first-order chi connectivity index (χ1) is 13.2. The Hall–Kier alpha value is -3.15. The number of amides is 2. The van der Waals surface area contributed by atoms with Gasteiger partial charge in [0.1, 0.15) is 5.52 Å². The Morgan fingerprint density at radius 2 is 1.48 bits per heavy atom. The Morgan fingerprint density at radius 3 is 2.04 bits per heavy atom. The molecule has 3 aromatic rings. The second-order valence-corrected chi connectivity index (χ2v) is 7.31. The number of aromatic nitrogens is 1. The zero-order valence-electron chi connectivity index (χ0n) is 14.7. The van der Waals surface area contributed by atoms with Gasteiger partial charge in [0.2, 0.25) is 17.7 Å². The van der Waals surface area contributed by atoms with Gasteiger partial charge in [-0.2, -0.15) is 0 Å². The predicted molar refractivity (Wildman–Crippen MR) is 102 cm³/mol. The Bertz CT molecular complexity index is 971. The minimum atomic E-state index is 0.0178.